The zero-order chi connectivity index (χ0) is 10.9. The molecule has 3 heteroatoms. The molecule has 1 saturated carbocycles. The van der Waals surface area contributed by atoms with Crippen LogP contribution in [0.2, 0.25) is 0 Å². The molecule has 90 valence electrons. The van der Waals surface area contributed by atoms with Crippen molar-refractivity contribution >= 4 is 0 Å². The van der Waals surface area contributed by atoms with Gasteiger partial charge in [0.05, 0.1) is 13.2 Å². The van der Waals surface area contributed by atoms with Crippen LogP contribution in [0.25, 0.3) is 0 Å². The van der Waals surface area contributed by atoms with Crippen molar-refractivity contribution in [2.45, 2.75) is 38.6 Å². The van der Waals surface area contributed by atoms with E-state index in [1.54, 1.807) is 7.11 Å². The van der Waals surface area contributed by atoms with Gasteiger partial charge in [-0.3, -0.25) is 0 Å². The number of methoxy groups -OCH3 is 1. The van der Waals surface area contributed by atoms with Crippen LogP contribution in [0.5, 0.6) is 0 Å². The fraction of sp³-hybridized carbons (Fsp3) is 1.00. The monoisotopic (exact) mass is 215 g/mol. The molecule has 1 aliphatic rings. The van der Waals surface area contributed by atoms with Crippen molar-refractivity contribution in [2.75, 3.05) is 33.5 Å². The molecule has 1 rings (SSSR count). The molecule has 3 nitrogen and oxygen atoms in total. The molecule has 1 atom stereocenters. The zero-order valence-corrected chi connectivity index (χ0v) is 10.1. The summed E-state index contributed by atoms with van der Waals surface area (Å²) in [4.78, 5) is 0. The number of hydrogen-bond acceptors (Lipinski definition) is 3. The van der Waals surface area contributed by atoms with Crippen LogP contribution in [0.4, 0.5) is 0 Å². The Morgan fingerprint density at radius 2 is 2.07 bits per heavy atom. The molecular formula is C12H25NO2. The van der Waals surface area contributed by atoms with Crippen LogP contribution in [-0.2, 0) is 9.47 Å². The third-order valence-corrected chi connectivity index (χ3v) is 2.98. The largest absolute Gasteiger partial charge is 0.383 e. The van der Waals surface area contributed by atoms with Gasteiger partial charge in [-0.1, -0.05) is 12.8 Å². The van der Waals surface area contributed by atoms with Gasteiger partial charge in [0.1, 0.15) is 0 Å². The first-order valence-electron chi connectivity index (χ1n) is 6.13. The molecule has 0 aromatic heterocycles. The lowest BCUT2D eigenvalue weighted by Gasteiger charge is -2.14. The molecule has 0 bridgehead atoms. The molecule has 1 unspecified atom stereocenters. The first kappa shape index (κ1) is 12.9. The maximum Gasteiger partial charge on any atom is 0.0613 e. The number of ether oxygens (including phenoxy) is 2. The van der Waals surface area contributed by atoms with Gasteiger partial charge in [0, 0.05) is 26.3 Å². The third-order valence-electron chi connectivity index (χ3n) is 2.98. The normalized spacial score (nSPS) is 19.6. The Bertz CT molecular complexity index is 147. The summed E-state index contributed by atoms with van der Waals surface area (Å²) in [6, 6.07) is 0.421. The Hall–Kier alpha value is -0.120. The highest BCUT2D eigenvalue weighted by Gasteiger charge is 2.14. The molecule has 0 heterocycles. The lowest BCUT2D eigenvalue weighted by atomic mass is 10.1. The molecule has 1 N–H and O–H groups in total. The van der Waals surface area contributed by atoms with Crippen molar-refractivity contribution in [3.05, 3.63) is 0 Å². The Labute approximate surface area is 93.5 Å². The minimum absolute atomic E-state index is 0.421. The van der Waals surface area contributed by atoms with Gasteiger partial charge in [-0.25, -0.2) is 0 Å². The minimum atomic E-state index is 0.421. The van der Waals surface area contributed by atoms with E-state index in [4.69, 9.17) is 9.47 Å². The van der Waals surface area contributed by atoms with Crippen LogP contribution in [0.3, 0.4) is 0 Å². The fourth-order valence-electron chi connectivity index (χ4n) is 2.11. The first-order chi connectivity index (χ1) is 7.33. The quantitative estimate of drug-likeness (QED) is 0.626. The topological polar surface area (TPSA) is 30.5 Å². The van der Waals surface area contributed by atoms with E-state index in [0.29, 0.717) is 6.04 Å². The highest BCUT2D eigenvalue weighted by molar-refractivity contribution is 4.66. The van der Waals surface area contributed by atoms with Gasteiger partial charge in [0.25, 0.3) is 0 Å². The maximum atomic E-state index is 5.64. The second kappa shape index (κ2) is 8.08. The van der Waals surface area contributed by atoms with Crippen molar-refractivity contribution in [3.8, 4) is 0 Å². The standard InChI is InChI=1S/C12H25NO2/c1-11(9-14-2)13-7-8-15-10-12-5-3-4-6-12/h11-13H,3-10H2,1-2H3. The summed E-state index contributed by atoms with van der Waals surface area (Å²) in [6.45, 7) is 5.60. The highest BCUT2D eigenvalue weighted by atomic mass is 16.5. The SMILES string of the molecule is COCC(C)NCCOCC1CCCC1. The highest BCUT2D eigenvalue weighted by Crippen LogP contribution is 2.24. The van der Waals surface area contributed by atoms with Crippen molar-refractivity contribution < 1.29 is 9.47 Å². The van der Waals surface area contributed by atoms with Crippen LogP contribution < -0.4 is 5.32 Å². The molecule has 1 fully saturated rings. The van der Waals surface area contributed by atoms with Crippen molar-refractivity contribution in [1.29, 1.82) is 0 Å². The van der Waals surface area contributed by atoms with Crippen LogP contribution in [0.1, 0.15) is 32.6 Å². The first-order valence-corrected chi connectivity index (χ1v) is 6.13. The summed E-state index contributed by atoms with van der Waals surface area (Å²) < 4.78 is 10.7. The minimum Gasteiger partial charge on any atom is -0.383 e. The number of hydrogen-bond donors (Lipinski definition) is 1. The molecule has 0 aliphatic heterocycles. The van der Waals surface area contributed by atoms with Gasteiger partial charge >= 0.3 is 0 Å². The predicted molar refractivity (Wildman–Crippen MR) is 62.1 cm³/mol. The molecule has 0 radical (unpaired) electrons. The summed E-state index contributed by atoms with van der Waals surface area (Å²) in [5, 5.41) is 3.36. The molecule has 0 spiro atoms. The second-order valence-electron chi connectivity index (χ2n) is 4.54. The lowest BCUT2D eigenvalue weighted by molar-refractivity contribution is 0.0977. The van der Waals surface area contributed by atoms with Gasteiger partial charge in [-0.2, -0.15) is 0 Å². The molecule has 1 aliphatic carbocycles. The Kier molecular flexibility index (Phi) is 6.98. The summed E-state index contributed by atoms with van der Waals surface area (Å²) in [6.07, 6.45) is 5.54. The van der Waals surface area contributed by atoms with Crippen LogP contribution >= 0.6 is 0 Å². The van der Waals surface area contributed by atoms with E-state index in [-0.39, 0.29) is 0 Å². The molecular weight excluding hydrogens is 190 g/mol. The van der Waals surface area contributed by atoms with Gasteiger partial charge in [-0.15, -0.1) is 0 Å². The second-order valence-corrected chi connectivity index (χ2v) is 4.54. The van der Waals surface area contributed by atoms with Crippen molar-refractivity contribution in [3.63, 3.8) is 0 Å². The molecule has 0 saturated heterocycles. The summed E-state index contributed by atoms with van der Waals surface area (Å²) >= 11 is 0. The number of rotatable bonds is 8. The predicted octanol–water partition coefficient (Wildman–Crippen LogP) is 1.82. The van der Waals surface area contributed by atoms with Gasteiger partial charge in [-0.05, 0) is 25.7 Å². The van der Waals surface area contributed by atoms with Gasteiger partial charge in [0.2, 0.25) is 0 Å². The number of nitrogens with one attached hydrogen (secondary N) is 1. The Morgan fingerprint density at radius 1 is 1.33 bits per heavy atom. The van der Waals surface area contributed by atoms with E-state index in [9.17, 15) is 0 Å². The molecule has 15 heavy (non-hydrogen) atoms. The zero-order valence-electron chi connectivity index (χ0n) is 10.1. The lowest BCUT2D eigenvalue weighted by Crippen LogP contribution is -2.33. The summed E-state index contributed by atoms with van der Waals surface area (Å²) in [7, 11) is 1.73. The van der Waals surface area contributed by atoms with Crippen LogP contribution in [-0.4, -0.2) is 39.5 Å². The van der Waals surface area contributed by atoms with E-state index in [0.717, 1.165) is 32.3 Å². The molecule has 0 aromatic carbocycles. The smallest absolute Gasteiger partial charge is 0.0613 e. The van der Waals surface area contributed by atoms with Crippen LogP contribution in [0, 0.1) is 5.92 Å². The maximum absolute atomic E-state index is 5.64. The Morgan fingerprint density at radius 3 is 2.73 bits per heavy atom. The van der Waals surface area contributed by atoms with Crippen molar-refractivity contribution in [2.24, 2.45) is 5.92 Å². The average Bonchev–Trinajstić information content (AvgIpc) is 2.70. The van der Waals surface area contributed by atoms with E-state index in [1.807, 2.05) is 0 Å². The van der Waals surface area contributed by atoms with Gasteiger partial charge < -0.3 is 14.8 Å². The van der Waals surface area contributed by atoms with E-state index < -0.39 is 0 Å². The van der Waals surface area contributed by atoms with Crippen LogP contribution in [0.15, 0.2) is 0 Å². The van der Waals surface area contributed by atoms with E-state index >= 15 is 0 Å². The Balaban J connectivity index is 1.84. The summed E-state index contributed by atoms with van der Waals surface area (Å²) in [5.74, 6) is 0.835. The average molecular weight is 215 g/mol. The van der Waals surface area contributed by atoms with E-state index in [1.165, 1.54) is 25.7 Å². The molecule has 0 amide bonds. The van der Waals surface area contributed by atoms with Crippen molar-refractivity contribution in [1.82, 2.24) is 5.32 Å². The summed E-state index contributed by atoms with van der Waals surface area (Å²) in [5.41, 5.74) is 0. The van der Waals surface area contributed by atoms with Gasteiger partial charge in [0.15, 0.2) is 0 Å². The van der Waals surface area contributed by atoms with E-state index in [2.05, 4.69) is 12.2 Å². The fourth-order valence-corrected chi connectivity index (χ4v) is 2.11. The third kappa shape index (κ3) is 6.13. The molecule has 0 aromatic rings.